The molecule has 138 valence electrons. The molecule has 0 bridgehead atoms. The zero-order valence-electron chi connectivity index (χ0n) is 14.9. The minimum atomic E-state index is -3.43. The van der Waals surface area contributed by atoms with Crippen molar-refractivity contribution < 1.29 is 14.3 Å². The Morgan fingerprint density at radius 2 is 1.17 bits per heavy atom. The molecule has 0 fully saturated rings. The maximum Gasteiger partial charge on any atom is 0.321 e. The Kier molecular flexibility index (Phi) is 17.3. The molecule has 0 aromatic heterocycles. The molecule has 0 unspecified atom stereocenters. The minimum absolute atomic E-state index is 0.367. The molecular weight excluding hydrogens is 327 g/mol. The van der Waals surface area contributed by atoms with Crippen LogP contribution in [0.5, 0.6) is 0 Å². The molecule has 23 heavy (non-hydrogen) atoms. The Morgan fingerprint density at radius 1 is 0.739 bits per heavy atom. The Hall–Kier alpha value is 0.270. The normalized spacial score (nSPS) is 12.3. The lowest BCUT2D eigenvalue weighted by atomic mass is 10.1. The summed E-state index contributed by atoms with van der Waals surface area (Å²) in [6, 6.07) is 0. The lowest BCUT2D eigenvalue weighted by Crippen LogP contribution is -1.91. The van der Waals surface area contributed by atoms with Gasteiger partial charge in [-0.05, 0) is 43.9 Å². The van der Waals surface area contributed by atoms with E-state index in [1.54, 1.807) is 0 Å². The van der Waals surface area contributed by atoms with Crippen molar-refractivity contribution in [3.63, 3.8) is 0 Å². The first-order chi connectivity index (χ1) is 11.1. The molecule has 0 aromatic carbocycles. The van der Waals surface area contributed by atoms with Crippen LogP contribution >= 0.6 is 6.72 Å². The molecule has 0 radical (unpaired) electrons. The molecule has 0 aliphatic carbocycles. The van der Waals surface area contributed by atoms with E-state index in [4.69, 9.17) is 14.3 Å². The third-order valence-corrected chi connectivity index (χ3v) is 4.75. The fourth-order valence-electron chi connectivity index (χ4n) is 2.53. The Bertz CT molecular complexity index is 315. The molecule has 3 nitrogen and oxygen atoms in total. The summed E-state index contributed by atoms with van der Waals surface area (Å²) in [5.74, 6) is 0. The van der Waals surface area contributed by atoms with Crippen LogP contribution in [0.1, 0.15) is 96.8 Å². The maximum atomic E-state index is 8.90. The zero-order chi connectivity index (χ0) is 17.2. The molecule has 0 rings (SSSR count). The number of hydrogen-bond acceptors (Lipinski definition) is 2. The Labute approximate surface area is 148 Å². The van der Waals surface area contributed by atoms with Crippen LogP contribution in [0.15, 0.2) is 12.2 Å². The Morgan fingerprint density at radius 3 is 1.65 bits per heavy atom. The monoisotopic (exact) mass is 364 g/mol. The van der Waals surface area contributed by atoms with E-state index >= 15 is 0 Å². The summed E-state index contributed by atoms with van der Waals surface area (Å²) in [7, 11) is 0. The number of allylic oxidation sites excluding steroid dienone is 2. The molecule has 0 aliphatic heterocycles. The zero-order valence-corrected chi connectivity index (χ0v) is 16.6. The summed E-state index contributed by atoms with van der Waals surface area (Å²) in [5, 5.41) is 0. The van der Waals surface area contributed by atoms with Crippen molar-refractivity contribution in [1.82, 2.24) is 0 Å². The van der Waals surface area contributed by atoms with Crippen molar-refractivity contribution in [1.29, 1.82) is 0 Å². The van der Waals surface area contributed by atoms with Gasteiger partial charge in [-0.3, -0.25) is 0 Å². The molecule has 0 aliphatic rings. The summed E-state index contributed by atoms with van der Waals surface area (Å²) >= 11 is 4.39. The van der Waals surface area contributed by atoms with Gasteiger partial charge in [0.25, 0.3) is 0 Å². The van der Waals surface area contributed by atoms with Crippen LogP contribution in [-0.4, -0.2) is 16.4 Å². The van der Waals surface area contributed by atoms with Crippen molar-refractivity contribution >= 4 is 18.5 Å². The molecule has 2 N–H and O–H groups in total. The van der Waals surface area contributed by atoms with E-state index in [-0.39, 0.29) is 0 Å². The number of unbranched alkanes of at least 4 members (excludes halogenated alkanes) is 12. The quantitative estimate of drug-likeness (QED) is 0.182. The summed E-state index contributed by atoms with van der Waals surface area (Å²) < 4.78 is 4.78. The summed E-state index contributed by atoms with van der Waals surface area (Å²) in [6.45, 7) is -0.802. The van der Waals surface area contributed by atoms with E-state index < -0.39 is 6.72 Å². The summed E-state index contributed by atoms with van der Waals surface area (Å²) in [4.78, 5) is 17.8. The molecule has 0 saturated heterocycles. The first-order valence-corrected chi connectivity index (χ1v) is 12.0. The SMILES string of the molecule is CCCCCCCC/C=C/CCCCCCCCOP(O)(O)=S. The van der Waals surface area contributed by atoms with Crippen molar-refractivity contribution in [2.75, 3.05) is 6.61 Å². The molecule has 0 amide bonds. The van der Waals surface area contributed by atoms with E-state index in [9.17, 15) is 0 Å². The highest BCUT2D eigenvalue weighted by Gasteiger charge is 2.05. The maximum absolute atomic E-state index is 8.90. The van der Waals surface area contributed by atoms with Gasteiger partial charge in [-0.1, -0.05) is 76.9 Å². The highest BCUT2D eigenvalue weighted by atomic mass is 32.5. The standard InChI is InChI=1S/C18H37O3PS/c1-2-3-4-5-6-7-8-9-10-11-12-13-14-15-16-17-18-21-22(19,20)23/h9-10H,2-8,11-18H2,1H3,(H2,19,20,23)/b10-9+. The fourth-order valence-corrected chi connectivity index (χ4v) is 3.12. The van der Waals surface area contributed by atoms with Crippen LogP contribution in [0.2, 0.25) is 0 Å². The molecule has 0 spiro atoms. The van der Waals surface area contributed by atoms with Gasteiger partial charge in [-0.25, -0.2) is 0 Å². The van der Waals surface area contributed by atoms with E-state index in [1.165, 1.54) is 77.0 Å². The predicted octanol–water partition coefficient (Wildman–Crippen LogP) is 6.25. The van der Waals surface area contributed by atoms with Crippen LogP contribution in [0, 0.1) is 0 Å². The van der Waals surface area contributed by atoms with Gasteiger partial charge in [-0.15, -0.1) is 0 Å². The van der Waals surface area contributed by atoms with Crippen LogP contribution in [0.25, 0.3) is 0 Å². The van der Waals surface area contributed by atoms with Crippen LogP contribution < -0.4 is 0 Å². The van der Waals surface area contributed by atoms with Gasteiger partial charge in [0.1, 0.15) is 0 Å². The lowest BCUT2D eigenvalue weighted by molar-refractivity contribution is 0.245. The molecule has 0 aromatic rings. The van der Waals surface area contributed by atoms with E-state index in [2.05, 4.69) is 30.9 Å². The van der Waals surface area contributed by atoms with Crippen molar-refractivity contribution in [2.45, 2.75) is 96.8 Å². The molecule has 0 atom stereocenters. The first kappa shape index (κ1) is 23.3. The van der Waals surface area contributed by atoms with Gasteiger partial charge in [0, 0.05) is 0 Å². The van der Waals surface area contributed by atoms with Gasteiger partial charge in [-0.2, -0.15) is 0 Å². The third kappa shape index (κ3) is 22.3. The fraction of sp³-hybridized carbons (Fsp3) is 0.889. The van der Waals surface area contributed by atoms with Gasteiger partial charge >= 0.3 is 6.72 Å². The van der Waals surface area contributed by atoms with Gasteiger partial charge < -0.3 is 14.3 Å². The second-order valence-electron chi connectivity index (χ2n) is 6.26. The van der Waals surface area contributed by atoms with Crippen molar-refractivity contribution in [3.8, 4) is 0 Å². The van der Waals surface area contributed by atoms with Gasteiger partial charge in [0.2, 0.25) is 0 Å². The van der Waals surface area contributed by atoms with Gasteiger partial charge in [0.15, 0.2) is 0 Å². The minimum Gasteiger partial charge on any atom is -0.325 e. The highest BCUT2D eigenvalue weighted by molar-refractivity contribution is 8.06. The summed E-state index contributed by atoms with van der Waals surface area (Å²) in [6.07, 6.45) is 22.3. The highest BCUT2D eigenvalue weighted by Crippen LogP contribution is 2.36. The average Bonchev–Trinajstić information content (AvgIpc) is 2.49. The largest absolute Gasteiger partial charge is 0.325 e. The average molecular weight is 365 g/mol. The summed E-state index contributed by atoms with van der Waals surface area (Å²) in [5.41, 5.74) is 0. The third-order valence-electron chi connectivity index (χ3n) is 3.92. The van der Waals surface area contributed by atoms with E-state index in [0.717, 1.165) is 12.8 Å². The molecule has 0 heterocycles. The van der Waals surface area contributed by atoms with Crippen molar-refractivity contribution in [3.05, 3.63) is 12.2 Å². The van der Waals surface area contributed by atoms with Crippen LogP contribution in [0.3, 0.4) is 0 Å². The number of hydrogen-bond donors (Lipinski definition) is 2. The van der Waals surface area contributed by atoms with Crippen LogP contribution in [-0.2, 0) is 16.3 Å². The Balaban J connectivity index is 3.12. The predicted molar refractivity (Wildman–Crippen MR) is 104 cm³/mol. The number of rotatable bonds is 17. The second kappa shape index (κ2) is 17.1. The van der Waals surface area contributed by atoms with Crippen molar-refractivity contribution in [2.24, 2.45) is 0 Å². The van der Waals surface area contributed by atoms with E-state index in [1.807, 2.05) is 0 Å². The first-order valence-electron chi connectivity index (χ1n) is 9.41. The smallest absolute Gasteiger partial charge is 0.321 e. The molecule has 5 heteroatoms. The molecular formula is C18H37O3PS. The topological polar surface area (TPSA) is 49.7 Å². The van der Waals surface area contributed by atoms with E-state index in [0.29, 0.717) is 6.61 Å². The van der Waals surface area contributed by atoms with Crippen LogP contribution in [0.4, 0.5) is 0 Å². The molecule has 0 saturated carbocycles. The second-order valence-corrected chi connectivity index (χ2v) is 8.93. The van der Waals surface area contributed by atoms with Gasteiger partial charge in [0.05, 0.1) is 6.61 Å². The lowest BCUT2D eigenvalue weighted by Gasteiger charge is -2.07.